The van der Waals surface area contributed by atoms with E-state index >= 15 is 0 Å². The van der Waals surface area contributed by atoms with Crippen LogP contribution in [0.15, 0.2) is 4.99 Å². The summed E-state index contributed by atoms with van der Waals surface area (Å²) < 4.78 is 160. The lowest BCUT2D eigenvalue weighted by Crippen LogP contribution is -2.69. The Labute approximate surface area is 110 Å². The lowest BCUT2D eigenvalue weighted by molar-refractivity contribution is -0.439. The number of halogens is 13. The molecule has 0 bridgehead atoms. The van der Waals surface area contributed by atoms with Gasteiger partial charge in [0.15, 0.2) is 0 Å². The predicted molar refractivity (Wildman–Crippen MR) is 38.9 cm³/mol. The van der Waals surface area contributed by atoms with E-state index in [2.05, 4.69) is 0 Å². The Morgan fingerprint density at radius 3 is 1.14 bits per heavy atom. The zero-order chi connectivity index (χ0) is 18.4. The number of nitrogens with zero attached hydrogens (tertiary/aromatic N) is 1. The number of isocyanates is 1. The van der Waals surface area contributed by atoms with Crippen molar-refractivity contribution < 1.29 is 61.9 Å². The first kappa shape index (κ1) is 20.5. The van der Waals surface area contributed by atoms with Crippen LogP contribution in [0.3, 0.4) is 0 Å². The maximum atomic E-state index is 12.7. The number of rotatable bonds is 5. The summed E-state index contributed by atoms with van der Waals surface area (Å²) in [4.78, 5) is 10.1. The Balaban J connectivity index is 6.28. The molecular formula is C7F13NO. The lowest BCUT2D eigenvalue weighted by atomic mass is 9.97. The highest BCUT2D eigenvalue weighted by Gasteiger charge is 2.91. The van der Waals surface area contributed by atoms with Crippen LogP contribution in [-0.4, -0.2) is 42.0 Å². The summed E-state index contributed by atoms with van der Waals surface area (Å²) in [7, 11) is 0. The van der Waals surface area contributed by atoms with Gasteiger partial charge in [-0.25, -0.2) is 4.79 Å². The van der Waals surface area contributed by atoms with E-state index in [1.54, 1.807) is 0 Å². The van der Waals surface area contributed by atoms with Crippen molar-refractivity contribution in [2.45, 2.75) is 35.9 Å². The van der Waals surface area contributed by atoms with E-state index in [1.807, 2.05) is 0 Å². The molecule has 0 aromatic heterocycles. The maximum absolute atomic E-state index is 12.7. The molecule has 0 rings (SSSR count). The van der Waals surface area contributed by atoms with Crippen molar-refractivity contribution in [1.82, 2.24) is 0 Å². The SMILES string of the molecule is O=C=NC(F)(F)C(F)(F)C(F)(F)C(F)(F)C(F)(F)C(F)(F)F. The molecule has 0 radical (unpaired) electrons. The Hall–Kier alpha value is -1.53. The highest BCUT2D eigenvalue weighted by molar-refractivity contribution is 5.34. The van der Waals surface area contributed by atoms with Crippen LogP contribution in [0.4, 0.5) is 57.1 Å². The zero-order valence-electron chi connectivity index (χ0n) is 9.27. The van der Waals surface area contributed by atoms with Crippen molar-refractivity contribution in [1.29, 1.82) is 0 Å². The van der Waals surface area contributed by atoms with Crippen molar-refractivity contribution in [2.24, 2.45) is 4.99 Å². The smallest absolute Gasteiger partial charge is 0.211 e. The van der Waals surface area contributed by atoms with Crippen molar-refractivity contribution in [3.05, 3.63) is 0 Å². The van der Waals surface area contributed by atoms with Gasteiger partial charge in [-0.15, -0.1) is 4.99 Å². The van der Waals surface area contributed by atoms with Crippen LogP contribution < -0.4 is 0 Å². The number of carbonyl (C=O) groups excluding carboxylic acids is 1. The first-order valence-electron chi connectivity index (χ1n) is 4.36. The molecule has 0 fully saturated rings. The van der Waals surface area contributed by atoms with Crippen molar-refractivity contribution in [2.75, 3.05) is 0 Å². The molecule has 0 unspecified atom stereocenters. The Bertz CT molecular complexity index is 471. The fourth-order valence-corrected chi connectivity index (χ4v) is 0.889. The monoisotopic (exact) mass is 361 g/mol. The number of hydrogen-bond acceptors (Lipinski definition) is 2. The van der Waals surface area contributed by atoms with Gasteiger partial charge in [-0.1, -0.05) is 0 Å². The molecular weight excluding hydrogens is 361 g/mol. The largest absolute Gasteiger partial charge is 0.460 e. The maximum Gasteiger partial charge on any atom is 0.460 e. The van der Waals surface area contributed by atoms with Gasteiger partial charge in [0.2, 0.25) is 6.08 Å². The average molecular weight is 361 g/mol. The summed E-state index contributed by atoms with van der Waals surface area (Å²) in [6.07, 6.45) is -7.91. The van der Waals surface area contributed by atoms with E-state index in [4.69, 9.17) is 0 Å². The van der Waals surface area contributed by atoms with E-state index in [1.165, 1.54) is 0 Å². The highest BCUT2D eigenvalue weighted by Crippen LogP contribution is 2.60. The van der Waals surface area contributed by atoms with E-state index in [0.29, 0.717) is 0 Å². The third-order valence-electron chi connectivity index (χ3n) is 2.10. The highest BCUT2D eigenvalue weighted by atomic mass is 19.4. The summed E-state index contributed by atoms with van der Waals surface area (Å²) in [5.74, 6) is -31.3. The Kier molecular flexibility index (Phi) is 4.65. The van der Waals surface area contributed by atoms with Crippen LogP contribution in [0.25, 0.3) is 0 Å². The molecule has 0 aliphatic heterocycles. The normalized spacial score (nSPS) is 15.5. The minimum Gasteiger partial charge on any atom is -0.211 e. The third-order valence-corrected chi connectivity index (χ3v) is 2.10. The molecule has 0 aromatic carbocycles. The van der Waals surface area contributed by atoms with Gasteiger partial charge in [0.05, 0.1) is 0 Å². The van der Waals surface area contributed by atoms with Crippen molar-refractivity contribution in [3.8, 4) is 0 Å². The fraction of sp³-hybridized carbons (Fsp3) is 0.857. The van der Waals surface area contributed by atoms with Crippen molar-refractivity contribution >= 4 is 6.08 Å². The summed E-state index contributed by atoms with van der Waals surface area (Å²) in [5.41, 5.74) is 0. The molecule has 15 heteroatoms. The Morgan fingerprint density at radius 1 is 0.545 bits per heavy atom. The number of aliphatic imine (C=N–C) groups is 1. The van der Waals surface area contributed by atoms with Gasteiger partial charge in [-0.2, -0.15) is 57.1 Å². The quantitative estimate of drug-likeness (QED) is 0.315. The van der Waals surface area contributed by atoms with Gasteiger partial charge in [0.1, 0.15) is 0 Å². The van der Waals surface area contributed by atoms with Crippen LogP contribution in [-0.2, 0) is 4.79 Å². The topological polar surface area (TPSA) is 29.4 Å². The molecule has 0 heterocycles. The van der Waals surface area contributed by atoms with E-state index in [0.717, 1.165) is 4.99 Å². The molecule has 22 heavy (non-hydrogen) atoms. The second-order valence-electron chi connectivity index (χ2n) is 3.54. The summed E-state index contributed by atoms with van der Waals surface area (Å²) in [5, 5.41) is 0. The van der Waals surface area contributed by atoms with E-state index in [-0.39, 0.29) is 0 Å². The van der Waals surface area contributed by atoms with Gasteiger partial charge in [0, 0.05) is 0 Å². The number of hydrogen-bond donors (Lipinski definition) is 0. The zero-order valence-corrected chi connectivity index (χ0v) is 9.27. The third kappa shape index (κ3) is 2.50. The summed E-state index contributed by atoms with van der Waals surface area (Å²) in [6.45, 7) is 0. The molecule has 0 spiro atoms. The van der Waals surface area contributed by atoms with E-state index < -0.39 is 42.0 Å². The van der Waals surface area contributed by atoms with Gasteiger partial charge in [-0.05, 0) is 0 Å². The second-order valence-corrected chi connectivity index (χ2v) is 3.54. The van der Waals surface area contributed by atoms with Gasteiger partial charge >= 0.3 is 35.9 Å². The molecule has 0 aliphatic carbocycles. The molecule has 0 aliphatic rings. The van der Waals surface area contributed by atoms with Crippen LogP contribution >= 0.6 is 0 Å². The van der Waals surface area contributed by atoms with Crippen LogP contribution in [0, 0.1) is 0 Å². The lowest BCUT2D eigenvalue weighted by Gasteiger charge is -2.38. The minimum absolute atomic E-state index is 0.436. The van der Waals surface area contributed by atoms with Gasteiger partial charge < -0.3 is 0 Å². The average Bonchev–Trinajstić information content (AvgIpc) is 2.26. The molecule has 0 N–H and O–H groups in total. The summed E-state index contributed by atoms with van der Waals surface area (Å²) >= 11 is 0. The molecule has 0 amide bonds. The predicted octanol–water partition coefficient (Wildman–Crippen LogP) is 4.02. The molecule has 0 atom stereocenters. The second kappa shape index (κ2) is 4.99. The van der Waals surface area contributed by atoms with Crippen LogP contribution in [0.1, 0.15) is 0 Å². The van der Waals surface area contributed by atoms with Crippen molar-refractivity contribution in [3.63, 3.8) is 0 Å². The summed E-state index contributed by atoms with van der Waals surface area (Å²) in [6, 6.07) is -6.73. The van der Waals surface area contributed by atoms with Crippen LogP contribution in [0.5, 0.6) is 0 Å². The first-order chi connectivity index (χ1) is 9.31. The fourth-order valence-electron chi connectivity index (χ4n) is 0.889. The van der Waals surface area contributed by atoms with Crippen LogP contribution in [0.2, 0.25) is 0 Å². The molecule has 2 nitrogen and oxygen atoms in total. The minimum atomic E-state index is -8.00. The molecule has 130 valence electrons. The molecule has 0 saturated heterocycles. The standard InChI is InChI=1S/C7F13NO/c8-2(9,4(12,13)6(16,17)18)3(10,11)5(14,15)7(19,20)21-1-22. The Morgan fingerprint density at radius 2 is 0.864 bits per heavy atom. The number of alkyl halides is 13. The van der Waals surface area contributed by atoms with E-state index in [9.17, 15) is 61.9 Å². The van der Waals surface area contributed by atoms with Gasteiger partial charge in [0.25, 0.3) is 0 Å². The van der Waals surface area contributed by atoms with Gasteiger partial charge in [-0.3, -0.25) is 0 Å². The molecule has 0 aromatic rings. The molecule has 0 saturated carbocycles. The first-order valence-corrected chi connectivity index (χ1v) is 4.36.